The lowest BCUT2D eigenvalue weighted by Gasteiger charge is -2.12. The van der Waals surface area contributed by atoms with Gasteiger partial charge in [0.25, 0.3) is 0 Å². The zero-order valence-electron chi connectivity index (χ0n) is 11.9. The minimum Gasteiger partial charge on any atom is -0.355 e. The van der Waals surface area contributed by atoms with Gasteiger partial charge in [-0.05, 0) is 24.1 Å². The largest absolute Gasteiger partial charge is 0.355 e. The Morgan fingerprint density at radius 1 is 1.05 bits per heavy atom. The van der Waals surface area contributed by atoms with Crippen LogP contribution < -0.4 is 0 Å². The van der Waals surface area contributed by atoms with Crippen LogP contribution in [0.2, 0.25) is 0 Å². The van der Waals surface area contributed by atoms with Crippen LogP contribution in [-0.2, 0) is 0 Å². The number of hydrogen-bond donors (Lipinski definition) is 2. The Morgan fingerprint density at radius 2 is 1.90 bits per heavy atom. The van der Waals surface area contributed by atoms with Crippen LogP contribution in [0.4, 0.5) is 0 Å². The Bertz CT molecular complexity index is 887. The number of imidazole rings is 1. The third kappa shape index (κ3) is 1.93. The molecule has 2 aromatic heterocycles. The molecule has 1 unspecified atom stereocenters. The van der Waals surface area contributed by atoms with Crippen LogP contribution in [0.15, 0.2) is 55.0 Å². The Balaban J connectivity index is 1.88. The third-order valence-electron chi connectivity index (χ3n) is 4.22. The van der Waals surface area contributed by atoms with E-state index in [1.165, 1.54) is 27.4 Å². The predicted molar refractivity (Wildman–Crippen MR) is 86.5 cm³/mol. The highest BCUT2D eigenvalue weighted by molar-refractivity contribution is 6.07. The number of nitrogens with zero attached hydrogens (tertiary/aromatic N) is 1. The summed E-state index contributed by atoms with van der Waals surface area (Å²) in [6.07, 6.45) is 4.78. The molecule has 0 saturated heterocycles. The van der Waals surface area contributed by atoms with Crippen molar-refractivity contribution in [2.75, 3.05) is 0 Å². The molecule has 2 heterocycles. The highest BCUT2D eigenvalue weighted by atomic mass is 14.9. The smallest absolute Gasteiger partial charge is 0.0923 e. The summed E-state index contributed by atoms with van der Waals surface area (Å²) in [5.41, 5.74) is 4.80. The van der Waals surface area contributed by atoms with E-state index in [0.717, 1.165) is 12.1 Å². The lowest BCUT2D eigenvalue weighted by atomic mass is 9.93. The van der Waals surface area contributed by atoms with Crippen molar-refractivity contribution in [1.29, 1.82) is 0 Å². The standard InChI is InChI=1S/C18H17N3/c1-2-13(18-10-19-11-20-18)12-7-8-15-14-5-3-4-6-16(14)21-17(15)9-12/h3-11,13,21H,2H2,1H3,(H,19,20). The molecular formula is C18H17N3. The number of fused-ring (bicyclic) bond motifs is 3. The molecule has 0 aliphatic rings. The Labute approximate surface area is 123 Å². The minimum atomic E-state index is 0.340. The molecule has 1 atom stereocenters. The van der Waals surface area contributed by atoms with E-state index in [1.807, 2.05) is 6.20 Å². The number of aromatic nitrogens is 3. The molecule has 0 bridgehead atoms. The topological polar surface area (TPSA) is 44.5 Å². The Hall–Kier alpha value is -2.55. The summed E-state index contributed by atoms with van der Waals surface area (Å²) >= 11 is 0. The number of benzene rings is 2. The molecule has 0 aliphatic carbocycles. The maximum Gasteiger partial charge on any atom is 0.0923 e. The molecule has 4 rings (SSSR count). The van der Waals surface area contributed by atoms with Crippen LogP contribution in [-0.4, -0.2) is 15.0 Å². The van der Waals surface area contributed by atoms with E-state index in [9.17, 15) is 0 Å². The normalized spacial score (nSPS) is 13.0. The van der Waals surface area contributed by atoms with E-state index >= 15 is 0 Å². The summed E-state index contributed by atoms with van der Waals surface area (Å²) in [6.45, 7) is 2.20. The molecule has 0 aliphatic heterocycles. The SMILES string of the molecule is CCC(c1ccc2c(c1)[nH]c1ccccc12)c1c[nH]cn1. The van der Waals surface area contributed by atoms with Crippen molar-refractivity contribution in [1.82, 2.24) is 15.0 Å². The van der Waals surface area contributed by atoms with Crippen LogP contribution in [0.5, 0.6) is 0 Å². The van der Waals surface area contributed by atoms with Gasteiger partial charge < -0.3 is 9.97 Å². The fraction of sp³-hybridized carbons (Fsp3) is 0.167. The zero-order valence-corrected chi connectivity index (χ0v) is 11.9. The first-order valence-electron chi connectivity index (χ1n) is 7.36. The first-order chi connectivity index (χ1) is 10.4. The minimum absolute atomic E-state index is 0.340. The summed E-state index contributed by atoms with van der Waals surface area (Å²) < 4.78 is 0. The number of rotatable bonds is 3. The Morgan fingerprint density at radius 3 is 2.71 bits per heavy atom. The predicted octanol–water partition coefficient (Wildman–Crippen LogP) is 4.59. The van der Waals surface area contributed by atoms with Crippen LogP contribution >= 0.6 is 0 Å². The second-order valence-corrected chi connectivity index (χ2v) is 5.43. The van der Waals surface area contributed by atoms with Crippen molar-refractivity contribution in [3.05, 3.63) is 66.2 Å². The third-order valence-corrected chi connectivity index (χ3v) is 4.22. The van der Waals surface area contributed by atoms with Gasteiger partial charge in [-0.1, -0.05) is 37.3 Å². The van der Waals surface area contributed by atoms with Gasteiger partial charge in [0, 0.05) is 33.9 Å². The molecule has 21 heavy (non-hydrogen) atoms. The molecule has 0 fully saturated rings. The second kappa shape index (κ2) is 4.77. The second-order valence-electron chi connectivity index (χ2n) is 5.43. The Kier molecular flexibility index (Phi) is 2.78. The van der Waals surface area contributed by atoms with Crippen LogP contribution in [0.25, 0.3) is 21.8 Å². The molecule has 4 aromatic rings. The van der Waals surface area contributed by atoms with Gasteiger partial charge in [-0.2, -0.15) is 0 Å². The average Bonchev–Trinajstić information content (AvgIpc) is 3.15. The van der Waals surface area contributed by atoms with Crippen molar-refractivity contribution in [3.8, 4) is 0 Å². The molecule has 2 N–H and O–H groups in total. The van der Waals surface area contributed by atoms with Crippen LogP contribution in [0, 0.1) is 0 Å². The van der Waals surface area contributed by atoms with Gasteiger partial charge in [0.2, 0.25) is 0 Å². The van der Waals surface area contributed by atoms with Gasteiger partial charge in [0.15, 0.2) is 0 Å². The van der Waals surface area contributed by atoms with Gasteiger partial charge in [0.1, 0.15) is 0 Å². The van der Waals surface area contributed by atoms with Crippen LogP contribution in [0.3, 0.4) is 0 Å². The van der Waals surface area contributed by atoms with Crippen molar-refractivity contribution < 1.29 is 0 Å². The first kappa shape index (κ1) is 12.2. The van der Waals surface area contributed by atoms with Crippen LogP contribution in [0.1, 0.15) is 30.5 Å². The lowest BCUT2D eigenvalue weighted by Crippen LogP contribution is -1.99. The summed E-state index contributed by atoms with van der Waals surface area (Å²) in [6, 6.07) is 15.2. The van der Waals surface area contributed by atoms with E-state index in [2.05, 4.69) is 64.3 Å². The lowest BCUT2D eigenvalue weighted by molar-refractivity contribution is 0.756. The van der Waals surface area contributed by atoms with E-state index in [-0.39, 0.29) is 0 Å². The van der Waals surface area contributed by atoms with Gasteiger partial charge >= 0.3 is 0 Å². The van der Waals surface area contributed by atoms with Crippen molar-refractivity contribution in [2.24, 2.45) is 0 Å². The molecular weight excluding hydrogens is 258 g/mol. The molecule has 2 aromatic carbocycles. The molecule has 0 spiro atoms. The summed E-state index contributed by atoms with van der Waals surface area (Å²) in [4.78, 5) is 11.0. The number of aromatic amines is 2. The summed E-state index contributed by atoms with van der Waals surface area (Å²) in [5.74, 6) is 0.340. The van der Waals surface area contributed by atoms with Crippen molar-refractivity contribution in [2.45, 2.75) is 19.3 Å². The number of hydrogen-bond acceptors (Lipinski definition) is 1. The number of nitrogens with one attached hydrogen (secondary N) is 2. The summed E-state index contributed by atoms with van der Waals surface area (Å²) in [5, 5.41) is 2.57. The average molecular weight is 275 g/mol. The highest BCUT2D eigenvalue weighted by Gasteiger charge is 2.15. The molecule has 104 valence electrons. The number of para-hydroxylation sites is 1. The van der Waals surface area contributed by atoms with Gasteiger partial charge in [-0.3, -0.25) is 0 Å². The van der Waals surface area contributed by atoms with Gasteiger partial charge in [0.05, 0.1) is 12.0 Å². The van der Waals surface area contributed by atoms with E-state index < -0.39 is 0 Å². The monoisotopic (exact) mass is 275 g/mol. The maximum absolute atomic E-state index is 4.42. The first-order valence-corrected chi connectivity index (χ1v) is 7.36. The zero-order chi connectivity index (χ0) is 14.2. The van der Waals surface area contributed by atoms with E-state index in [1.54, 1.807) is 6.33 Å². The summed E-state index contributed by atoms with van der Waals surface area (Å²) in [7, 11) is 0. The quantitative estimate of drug-likeness (QED) is 0.564. The molecule has 0 saturated carbocycles. The number of H-pyrrole nitrogens is 2. The van der Waals surface area contributed by atoms with Gasteiger partial charge in [-0.15, -0.1) is 0 Å². The molecule has 3 heteroatoms. The fourth-order valence-electron chi connectivity index (χ4n) is 3.17. The van der Waals surface area contributed by atoms with Crippen molar-refractivity contribution >= 4 is 21.8 Å². The molecule has 3 nitrogen and oxygen atoms in total. The molecule has 0 radical (unpaired) electrons. The van der Waals surface area contributed by atoms with E-state index in [4.69, 9.17) is 0 Å². The van der Waals surface area contributed by atoms with Crippen molar-refractivity contribution in [3.63, 3.8) is 0 Å². The maximum atomic E-state index is 4.42. The fourth-order valence-corrected chi connectivity index (χ4v) is 3.17. The van der Waals surface area contributed by atoms with Gasteiger partial charge in [-0.25, -0.2) is 4.98 Å². The highest BCUT2D eigenvalue weighted by Crippen LogP contribution is 2.31. The molecule has 0 amide bonds. The van der Waals surface area contributed by atoms with E-state index in [0.29, 0.717) is 5.92 Å².